The normalized spacial score (nSPS) is 12.2. The summed E-state index contributed by atoms with van der Waals surface area (Å²) < 4.78 is 0. The number of aliphatic carboxylic acids is 1. The number of hydrogen-bond acceptors (Lipinski definition) is 3. The third-order valence-electron chi connectivity index (χ3n) is 3.63. The van der Waals surface area contributed by atoms with Crippen molar-refractivity contribution in [2.24, 2.45) is 11.7 Å². The molecule has 0 aliphatic carbocycles. The molecule has 0 aliphatic rings. The van der Waals surface area contributed by atoms with Crippen LogP contribution in [-0.2, 0) is 11.2 Å². The molecule has 1 aromatic rings. The van der Waals surface area contributed by atoms with Gasteiger partial charge in [0, 0.05) is 18.8 Å². The third-order valence-corrected chi connectivity index (χ3v) is 3.63. The maximum atomic E-state index is 10.7. The van der Waals surface area contributed by atoms with Crippen molar-refractivity contribution in [1.82, 2.24) is 4.98 Å². The van der Waals surface area contributed by atoms with Gasteiger partial charge in [0.25, 0.3) is 0 Å². The average molecular weight is 278 g/mol. The van der Waals surface area contributed by atoms with Gasteiger partial charge in [0.15, 0.2) is 0 Å². The van der Waals surface area contributed by atoms with Gasteiger partial charge >= 0.3 is 5.97 Å². The molecule has 0 fully saturated rings. The Kier molecular flexibility index (Phi) is 8.63. The average Bonchev–Trinajstić information content (AvgIpc) is 2.45. The Labute approximate surface area is 121 Å². The molecule has 0 aromatic carbocycles. The van der Waals surface area contributed by atoms with Crippen LogP contribution in [0.2, 0.25) is 0 Å². The van der Waals surface area contributed by atoms with Gasteiger partial charge in [-0.25, -0.2) is 0 Å². The van der Waals surface area contributed by atoms with Crippen LogP contribution in [-0.4, -0.2) is 22.6 Å². The van der Waals surface area contributed by atoms with Crippen LogP contribution in [0, 0.1) is 5.92 Å². The lowest BCUT2D eigenvalue weighted by Gasteiger charge is -2.15. The number of aromatic nitrogens is 1. The summed E-state index contributed by atoms with van der Waals surface area (Å²) in [6.45, 7) is 0.724. The number of aryl methyl sites for hydroxylation is 1. The van der Waals surface area contributed by atoms with Crippen LogP contribution in [0.25, 0.3) is 0 Å². The summed E-state index contributed by atoms with van der Waals surface area (Å²) in [5.41, 5.74) is 6.77. The molecule has 0 saturated heterocycles. The number of nitrogens with two attached hydrogens (primary N) is 1. The van der Waals surface area contributed by atoms with E-state index in [4.69, 9.17) is 10.8 Å². The van der Waals surface area contributed by atoms with Gasteiger partial charge in [-0.2, -0.15) is 0 Å². The van der Waals surface area contributed by atoms with Gasteiger partial charge in [0.1, 0.15) is 0 Å². The fourth-order valence-electron chi connectivity index (χ4n) is 2.48. The molecule has 0 radical (unpaired) electrons. The first-order valence-corrected chi connectivity index (χ1v) is 7.53. The number of pyridine rings is 1. The van der Waals surface area contributed by atoms with Crippen LogP contribution in [0.15, 0.2) is 24.5 Å². The molecule has 0 amide bonds. The Morgan fingerprint density at radius 2 is 2.05 bits per heavy atom. The van der Waals surface area contributed by atoms with Crippen molar-refractivity contribution in [3.05, 3.63) is 30.1 Å². The van der Waals surface area contributed by atoms with E-state index in [1.807, 2.05) is 12.3 Å². The number of carbonyl (C=O) groups is 1. The summed E-state index contributed by atoms with van der Waals surface area (Å²) in [7, 11) is 0. The molecular formula is C16H26N2O2. The first-order valence-electron chi connectivity index (χ1n) is 7.53. The van der Waals surface area contributed by atoms with E-state index in [0.717, 1.165) is 51.5 Å². The van der Waals surface area contributed by atoms with Gasteiger partial charge in [-0.15, -0.1) is 0 Å². The molecule has 1 unspecified atom stereocenters. The van der Waals surface area contributed by atoms with Crippen LogP contribution < -0.4 is 5.73 Å². The minimum atomic E-state index is -0.693. The van der Waals surface area contributed by atoms with Crippen LogP contribution >= 0.6 is 0 Å². The summed E-state index contributed by atoms with van der Waals surface area (Å²) in [6, 6.07) is 4.05. The first-order chi connectivity index (χ1) is 9.72. The summed E-state index contributed by atoms with van der Waals surface area (Å²) >= 11 is 0. The quantitative estimate of drug-likeness (QED) is 0.610. The number of nitrogens with zero attached hydrogens (tertiary/aromatic N) is 1. The van der Waals surface area contributed by atoms with Crippen LogP contribution in [0.1, 0.15) is 50.5 Å². The van der Waals surface area contributed by atoms with E-state index in [0.29, 0.717) is 5.92 Å². The SMILES string of the molecule is NCCCCC(CCCc1cccnc1)CCC(=O)O. The number of rotatable bonds is 11. The number of hydrogen-bond donors (Lipinski definition) is 2. The van der Waals surface area contributed by atoms with E-state index in [2.05, 4.69) is 11.1 Å². The van der Waals surface area contributed by atoms with Crippen molar-refractivity contribution < 1.29 is 9.90 Å². The molecule has 0 spiro atoms. The smallest absolute Gasteiger partial charge is 0.303 e. The van der Waals surface area contributed by atoms with Crippen molar-refractivity contribution in [3.63, 3.8) is 0 Å². The van der Waals surface area contributed by atoms with Crippen molar-refractivity contribution in [3.8, 4) is 0 Å². The number of carboxylic acid groups (broad SMARTS) is 1. The predicted molar refractivity (Wildman–Crippen MR) is 80.4 cm³/mol. The summed E-state index contributed by atoms with van der Waals surface area (Å²) in [5.74, 6) is -0.185. The Morgan fingerprint density at radius 3 is 2.70 bits per heavy atom. The molecule has 1 heterocycles. The highest BCUT2D eigenvalue weighted by Crippen LogP contribution is 2.21. The number of unbranched alkanes of at least 4 members (excludes halogenated alkanes) is 1. The fourth-order valence-corrected chi connectivity index (χ4v) is 2.48. The maximum absolute atomic E-state index is 10.7. The molecule has 0 aliphatic heterocycles. The second-order valence-electron chi connectivity index (χ2n) is 5.34. The monoisotopic (exact) mass is 278 g/mol. The Bertz CT molecular complexity index is 368. The van der Waals surface area contributed by atoms with E-state index in [1.165, 1.54) is 5.56 Å². The van der Waals surface area contributed by atoms with Crippen LogP contribution in [0.3, 0.4) is 0 Å². The molecule has 20 heavy (non-hydrogen) atoms. The van der Waals surface area contributed by atoms with Crippen molar-refractivity contribution in [1.29, 1.82) is 0 Å². The second-order valence-corrected chi connectivity index (χ2v) is 5.34. The molecular weight excluding hydrogens is 252 g/mol. The summed E-state index contributed by atoms with van der Waals surface area (Å²) in [4.78, 5) is 14.8. The Morgan fingerprint density at radius 1 is 1.25 bits per heavy atom. The first kappa shape index (κ1) is 16.6. The van der Waals surface area contributed by atoms with E-state index in [9.17, 15) is 4.79 Å². The lowest BCUT2D eigenvalue weighted by atomic mass is 9.91. The summed E-state index contributed by atoms with van der Waals surface area (Å²) in [6.07, 6.45) is 11.2. The zero-order valence-corrected chi connectivity index (χ0v) is 12.1. The van der Waals surface area contributed by atoms with Gasteiger partial charge in [0.05, 0.1) is 0 Å². The lowest BCUT2D eigenvalue weighted by Crippen LogP contribution is -2.07. The largest absolute Gasteiger partial charge is 0.481 e. The molecule has 4 heteroatoms. The van der Waals surface area contributed by atoms with Crippen LogP contribution in [0.5, 0.6) is 0 Å². The Balaban J connectivity index is 2.28. The highest BCUT2D eigenvalue weighted by Gasteiger charge is 2.10. The summed E-state index contributed by atoms with van der Waals surface area (Å²) in [5, 5.41) is 8.81. The zero-order chi connectivity index (χ0) is 14.6. The molecule has 4 nitrogen and oxygen atoms in total. The van der Waals surface area contributed by atoms with Crippen LogP contribution in [0.4, 0.5) is 0 Å². The van der Waals surface area contributed by atoms with E-state index >= 15 is 0 Å². The fraction of sp³-hybridized carbons (Fsp3) is 0.625. The number of carboxylic acids is 1. The molecule has 1 atom stereocenters. The van der Waals surface area contributed by atoms with Gasteiger partial charge in [-0.05, 0) is 49.8 Å². The topological polar surface area (TPSA) is 76.2 Å². The Hall–Kier alpha value is -1.42. The molecule has 1 aromatic heterocycles. The molecule has 112 valence electrons. The van der Waals surface area contributed by atoms with Crippen molar-refractivity contribution in [2.45, 2.75) is 51.4 Å². The molecule has 0 saturated carbocycles. The highest BCUT2D eigenvalue weighted by atomic mass is 16.4. The van der Waals surface area contributed by atoms with E-state index in [-0.39, 0.29) is 6.42 Å². The molecule has 3 N–H and O–H groups in total. The van der Waals surface area contributed by atoms with Gasteiger partial charge in [-0.1, -0.05) is 25.3 Å². The minimum Gasteiger partial charge on any atom is -0.481 e. The zero-order valence-electron chi connectivity index (χ0n) is 12.1. The minimum absolute atomic E-state index is 0.278. The van der Waals surface area contributed by atoms with Crippen molar-refractivity contribution >= 4 is 5.97 Å². The lowest BCUT2D eigenvalue weighted by molar-refractivity contribution is -0.137. The predicted octanol–water partition coefficient (Wildman–Crippen LogP) is 3.01. The third kappa shape index (κ3) is 7.89. The van der Waals surface area contributed by atoms with E-state index in [1.54, 1.807) is 6.20 Å². The van der Waals surface area contributed by atoms with Gasteiger partial charge in [-0.3, -0.25) is 9.78 Å². The van der Waals surface area contributed by atoms with Gasteiger partial charge < -0.3 is 10.8 Å². The second kappa shape index (κ2) is 10.4. The highest BCUT2D eigenvalue weighted by molar-refractivity contribution is 5.66. The molecule has 0 bridgehead atoms. The molecule has 1 rings (SSSR count). The standard InChI is InChI=1S/C16H26N2O2/c17-11-2-1-5-14(9-10-16(19)20)6-3-7-15-8-4-12-18-13-15/h4,8,12-14H,1-3,5-7,9-11,17H2,(H,19,20). The van der Waals surface area contributed by atoms with Crippen molar-refractivity contribution in [2.75, 3.05) is 6.54 Å². The maximum Gasteiger partial charge on any atom is 0.303 e. The van der Waals surface area contributed by atoms with Gasteiger partial charge in [0.2, 0.25) is 0 Å². The van der Waals surface area contributed by atoms with E-state index < -0.39 is 5.97 Å².